The standard InChI is InChI=1S/C22H32BClN2O5/c1-20(2,3)29-19(28)26-11-10-15(13-26)25-18(27)14-8-9-16(17(24)12-14)23-30-21(4,5)22(6,7)31-23/h8-9,12,15H,10-11,13H2,1-7H3,(H,25,27)/t15-/m1/s1. The van der Waals surface area contributed by atoms with E-state index in [9.17, 15) is 9.59 Å². The van der Waals surface area contributed by atoms with Gasteiger partial charge in [-0.05, 0) is 67.0 Å². The minimum Gasteiger partial charge on any atom is -0.444 e. The fourth-order valence-corrected chi connectivity index (χ4v) is 3.74. The number of nitrogens with one attached hydrogen (secondary N) is 1. The summed E-state index contributed by atoms with van der Waals surface area (Å²) in [6.45, 7) is 14.4. The summed E-state index contributed by atoms with van der Waals surface area (Å²) in [4.78, 5) is 26.6. The maximum Gasteiger partial charge on any atom is 0.496 e. The smallest absolute Gasteiger partial charge is 0.444 e. The van der Waals surface area contributed by atoms with Crippen molar-refractivity contribution in [3.63, 3.8) is 0 Å². The fraction of sp³-hybridized carbons (Fsp3) is 0.636. The molecule has 0 unspecified atom stereocenters. The van der Waals surface area contributed by atoms with E-state index in [2.05, 4.69) is 5.32 Å². The van der Waals surface area contributed by atoms with Gasteiger partial charge in [-0.15, -0.1) is 0 Å². The molecule has 2 heterocycles. The van der Waals surface area contributed by atoms with Gasteiger partial charge in [0, 0.05) is 35.2 Å². The van der Waals surface area contributed by atoms with E-state index in [4.69, 9.17) is 25.6 Å². The zero-order chi connectivity index (χ0) is 23.2. The van der Waals surface area contributed by atoms with E-state index in [1.165, 1.54) is 0 Å². The maximum atomic E-state index is 12.7. The molecule has 1 atom stereocenters. The fourth-order valence-electron chi connectivity index (χ4n) is 3.47. The van der Waals surface area contributed by atoms with E-state index >= 15 is 0 Å². The molecule has 0 spiro atoms. The van der Waals surface area contributed by atoms with Gasteiger partial charge < -0.3 is 24.3 Å². The summed E-state index contributed by atoms with van der Waals surface area (Å²) in [6, 6.07) is 4.96. The van der Waals surface area contributed by atoms with Crippen molar-refractivity contribution in [2.75, 3.05) is 13.1 Å². The van der Waals surface area contributed by atoms with Crippen LogP contribution in [0.4, 0.5) is 4.79 Å². The van der Waals surface area contributed by atoms with E-state index in [1.54, 1.807) is 23.1 Å². The van der Waals surface area contributed by atoms with Crippen LogP contribution in [-0.4, -0.2) is 60.0 Å². The molecule has 2 aliphatic rings. The average Bonchev–Trinajstić information content (AvgIpc) is 3.15. The number of ether oxygens (including phenoxy) is 1. The van der Waals surface area contributed by atoms with Crippen molar-refractivity contribution in [3.8, 4) is 0 Å². The molecule has 0 saturated carbocycles. The van der Waals surface area contributed by atoms with E-state index < -0.39 is 23.9 Å². The summed E-state index contributed by atoms with van der Waals surface area (Å²) in [7, 11) is -0.591. The van der Waals surface area contributed by atoms with Gasteiger partial charge in [-0.25, -0.2) is 4.79 Å². The molecule has 1 N–H and O–H groups in total. The number of halogens is 1. The van der Waals surface area contributed by atoms with Gasteiger partial charge in [0.15, 0.2) is 0 Å². The Balaban J connectivity index is 1.61. The van der Waals surface area contributed by atoms with Crippen LogP contribution in [0.1, 0.15) is 65.2 Å². The maximum absolute atomic E-state index is 12.7. The van der Waals surface area contributed by atoms with Gasteiger partial charge >= 0.3 is 13.2 Å². The van der Waals surface area contributed by atoms with Crippen LogP contribution in [0.5, 0.6) is 0 Å². The van der Waals surface area contributed by atoms with Crippen LogP contribution < -0.4 is 10.8 Å². The first kappa shape index (κ1) is 23.9. The highest BCUT2D eigenvalue weighted by atomic mass is 35.5. The molecule has 2 amide bonds. The zero-order valence-electron chi connectivity index (χ0n) is 19.4. The number of rotatable bonds is 3. The van der Waals surface area contributed by atoms with Gasteiger partial charge in [-0.1, -0.05) is 17.7 Å². The van der Waals surface area contributed by atoms with Gasteiger partial charge in [0.1, 0.15) is 5.60 Å². The molecule has 2 aliphatic heterocycles. The van der Waals surface area contributed by atoms with E-state index in [-0.39, 0.29) is 18.0 Å². The number of carbonyl (C=O) groups excluding carboxylic acids is 2. The predicted octanol–water partition coefficient (Wildman–Crippen LogP) is 3.38. The third kappa shape index (κ3) is 5.36. The summed E-state index contributed by atoms with van der Waals surface area (Å²) in [5.41, 5.74) is -0.359. The first-order valence-corrected chi connectivity index (χ1v) is 11.0. The van der Waals surface area contributed by atoms with Gasteiger partial charge in [0.2, 0.25) is 0 Å². The summed E-state index contributed by atoms with van der Waals surface area (Å²) in [5.74, 6) is -0.238. The lowest BCUT2D eigenvalue weighted by molar-refractivity contribution is 0.00578. The van der Waals surface area contributed by atoms with Crippen LogP contribution in [0.3, 0.4) is 0 Å². The highest BCUT2D eigenvalue weighted by Gasteiger charge is 2.52. The minimum atomic E-state index is -0.591. The molecule has 1 aromatic carbocycles. The summed E-state index contributed by atoms with van der Waals surface area (Å²) < 4.78 is 17.5. The van der Waals surface area contributed by atoms with Crippen molar-refractivity contribution in [1.82, 2.24) is 10.2 Å². The van der Waals surface area contributed by atoms with Crippen LogP contribution in [0.25, 0.3) is 0 Å². The lowest BCUT2D eigenvalue weighted by Crippen LogP contribution is -2.41. The van der Waals surface area contributed by atoms with Crippen LogP contribution in [0, 0.1) is 0 Å². The number of carbonyl (C=O) groups is 2. The van der Waals surface area contributed by atoms with Crippen molar-refractivity contribution < 1.29 is 23.6 Å². The normalized spacial score (nSPS) is 22.5. The Morgan fingerprint density at radius 2 is 1.81 bits per heavy atom. The largest absolute Gasteiger partial charge is 0.496 e. The highest BCUT2D eigenvalue weighted by molar-refractivity contribution is 6.65. The first-order chi connectivity index (χ1) is 14.2. The molecule has 0 radical (unpaired) electrons. The van der Waals surface area contributed by atoms with Crippen LogP contribution in [-0.2, 0) is 14.0 Å². The third-order valence-corrected chi connectivity index (χ3v) is 6.27. The van der Waals surface area contributed by atoms with Crippen molar-refractivity contribution >= 4 is 36.2 Å². The van der Waals surface area contributed by atoms with E-state index in [0.29, 0.717) is 35.6 Å². The summed E-state index contributed by atoms with van der Waals surface area (Å²) in [6.07, 6.45) is 0.309. The van der Waals surface area contributed by atoms with Crippen molar-refractivity contribution in [2.45, 2.75) is 77.7 Å². The summed E-state index contributed by atoms with van der Waals surface area (Å²) in [5, 5.41) is 3.39. The molecular weight excluding hydrogens is 419 g/mol. The molecule has 1 aromatic rings. The predicted molar refractivity (Wildman–Crippen MR) is 121 cm³/mol. The quantitative estimate of drug-likeness (QED) is 0.714. The number of nitrogens with zero attached hydrogens (tertiary/aromatic N) is 1. The van der Waals surface area contributed by atoms with Crippen molar-refractivity contribution in [1.29, 1.82) is 0 Å². The topological polar surface area (TPSA) is 77.1 Å². The van der Waals surface area contributed by atoms with Gasteiger partial charge in [-0.3, -0.25) is 4.79 Å². The Labute approximate surface area is 189 Å². The molecule has 0 aliphatic carbocycles. The first-order valence-electron chi connectivity index (χ1n) is 10.6. The lowest BCUT2D eigenvalue weighted by Gasteiger charge is -2.32. The second kappa shape index (κ2) is 8.30. The highest BCUT2D eigenvalue weighted by Crippen LogP contribution is 2.37. The monoisotopic (exact) mass is 450 g/mol. The zero-order valence-corrected chi connectivity index (χ0v) is 20.1. The second-order valence-corrected chi connectivity index (χ2v) is 10.6. The average molecular weight is 451 g/mol. The van der Waals surface area contributed by atoms with E-state index in [1.807, 2.05) is 48.5 Å². The van der Waals surface area contributed by atoms with Crippen LogP contribution in [0.2, 0.25) is 5.02 Å². The second-order valence-electron chi connectivity index (χ2n) is 10.2. The molecule has 7 nitrogen and oxygen atoms in total. The minimum absolute atomic E-state index is 0.137. The number of amides is 2. The number of hydrogen-bond donors (Lipinski definition) is 1. The van der Waals surface area contributed by atoms with Crippen molar-refractivity contribution in [2.24, 2.45) is 0 Å². The molecule has 31 heavy (non-hydrogen) atoms. The Morgan fingerprint density at radius 1 is 1.19 bits per heavy atom. The Kier molecular flexibility index (Phi) is 6.40. The molecule has 9 heteroatoms. The number of likely N-dealkylation sites (tertiary alicyclic amines) is 1. The third-order valence-electron chi connectivity index (χ3n) is 5.94. The SMILES string of the molecule is CC(C)(C)OC(=O)N1CC[C@@H](NC(=O)c2ccc(B3OC(C)(C)C(C)(C)O3)c(Cl)c2)C1. The lowest BCUT2D eigenvalue weighted by atomic mass is 9.78. The molecule has 0 aromatic heterocycles. The Hall–Kier alpha value is -1.77. The molecule has 2 fully saturated rings. The number of hydrogen-bond acceptors (Lipinski definition) is 5. The molecule has 2 saturated heterocycles. The van der Waals surface area contributed by atoms with Crippen LogP contribution >= 0.6 is 11.6 Å². The molecule has 3 rings (SSSR count). The Bertz CT molecular complexity index is 852. The Morgan fingerprint density at radius 3 is 2.35 bits per heavy atom. The molecule has 170 valence electrons. The van der Waals surface area contributed by atoms with Crippen LogP contribution in [0.15, 0.2) is 18.2 Å². The molecule has 0 bridgehead atoms. The van der Waals surface area contributed by atoms with E-state index in [0.717, 1.165) is 0 Å². The van der Waals surface area contributed by atoms with Gasteiger partial charge in [-0.2, -0.15) is 0 Å². The van der Waals surface area contributed by atoms with Gasteiger partial charge in [0.25, 0.3) is 5.91 Å². The molecular formula is C22H32BClN2O5. The number of benzene rings is 1. The summed E-state index contributed by atoms with van der Waals surface area (Å²) >= 11 is 6.47. The van der Waals surface area contributed by atoms with Crippen molar-refractivity contribution in [3.05, 3.63) is 28.8 Å². The van der Waals surface area contributed by atoms with Gasteiger partial charge in [0.05, 0.1) is 11.2 Å².